The first kappa shape index (κ1) is 23.0. The molecule has 0 aliphatic carbocycles. The van der Waals surface area contributed by atoms with Crippen LogP contribution in [0.2, 0.25) is 0 Å². The Morgan fingerprint density at radius 1 is 1.11 bits per heavy atom. The van der Waals surface area contributed by atoms with Gasteiger partial charge in [0.1, 0.15) is 0 Å². The second-order valence-electron chi connectivity index (χ2n) is 7.50. The number of carbonyl (C=O) groups is 1. The molecule has 0 aromatic heterocycles. The molecule has 0 saturated carbocycles. The number of hydrogen-bond acceptors (Lipinski definition) is 4. The first-order valence-corrected chi connectivity index (χ1v) is 10.9. The van der Waals surface area contributed by atoms with E-state index in [1.54, 1.807) is 19.1 Å². The minimum absolute atomic E-state index is 0.00711. The molecule has 1 rings (SSSR count). The fraction of sp³-hybridized carbons (Fsp3) is 0.579. The molecule has 1 amide bonds. The van der Waals surface area contributed by atoms with Crippen LogP contribution in [0.15, 0.2) is 28.1 Å². The molecule has 0 bridgehead atoms. The summed E-state index contributed by atoms with van der Waals surface area (Å²) < 4.78 is 23.4. The van der Waals surface area contributed by atoms with Crippen molar-refractivity contribution < 1.29 is 13.2 Å². The van der Waals surface area contributed by atoms with Crippen molar-refractivity contribution in [2.45, 2.75) is 46.1 Å². The van der Waals surface area contributed by atoms with Crippen LogP contribution in [0.25, 0.3) is 0 Å². The third kappa shape index (κ3) is 7.99. The first-order valence-electron chi connectivity index (χ1n) is 9.05. The summed E-state index contributed by atoms with van der Waals surface area (Å²) in [6.07, 6.45) is 1.21. The summed E-state index contributed by atoms with van der Waals surface area (Å²) in [5.74, 6) is 0.653. The van der Waals surface area contributed by atoms with E-state index >= 15 is 0 Å². The van der Waals surface area contributed by atoms with Crippen LogP contribution in [0, 0.1) is 12.3 Å². The third-order valence-corrected chi connectivity index (χ3v) is 5.04. The van der Waals surface area contributed by atoms with Crippen LogP contribution in [-0.4, -0.2) is 46.2 Å². The highest BCUT2D eigenvalue weighted by Crippen LogP contribution is 2.17. The molecule has 0 heterocycles. The number of benzene rings is 1. The molecular formula is C19H32N4O3S. The Hall–Kier alpha value is -2.09. The zero-order chi connectivity index (χ0) is 20.7. The summed E-state index contributed by atoms with van der Waals surface area (Å²) in [5.41, 5.74) is 1.24. The molecule has 152 valence electrons. The Bertz CT molecular complexity index is 781. The van der Waals surface area contributed by atoms with E-state index in [-0.39, 0.29) is 5.91 Å². The number of sulfone groups is 1. The van der Waals surface area contributed by atoms with Gasteiger partial charge in [0.15, 0.2) is 15.8 Å². The summed E-state index contributed by atoms with van der Waals surface area (Å²) >= 11 is 0. The van der Waals surface area contributed by atoms with Crippen LogP contribution < -0.4 is 16.0 Å². The second kappa shape index (κ2) is 9.73. The van der Waals surface area contributed by atoms with Crippen LogP contribution in [0.5, 0.6) is 0 Å². The normalized spacial score (nSPS) is 12.6. The van der Waals surface area contributed by atoms with Gasteiger partial charge in [-0.25, -0.2) is 13.4 Å². The molecule has 3 N–H and O–H groups in total. The fourth-order valence-electron chi connectivity index (χ4n) is 2.36. The van der Waals surface area contributed by atoms with E-state index in [4.69, 9.17) is 0 Å². The summed E-state index contributed by atoms with van der Waals surface area (Å²) in [7, 11) is -3.22. The van der Waals surface area contributed by atoms with Gasteiger partial charge in [-0.3, -0.25) is 4.79 Å². The van der Waals surface area contributed by atoms with Crippen molar-refractivity contribution in [1.82, 2.24) is 16.0 Å². The van der Waals surface area contributed by atoms with E-state index in [0.29, 0.717) is 42.6 Å². The highest BCUT2D eigenvalue weighted by atomic mass is 32.2. The maximum atomic E-state index is 11.8. The Morgan fingerprint density at radius 2 is 1.74 bits per heavy atom. The van der Waals surface area contributed by atoms with E-state index in [2.05, 4.69) is 20.9 Å². The average Bonchev–Trinajstić information content (AvgIpc) is 2.54. The quantitative estimate of drug-likeness (QED) is 0.369. The molecule has 0 aliphatic rings. The van der Waals surface area contributed by atoms with Gasteiger partial charge in [-0.05, 0) is 31.0 Å². The van der Waals surface area contributed by atoms with Gasteiger partial charge in [-0.1, -0.05) is 32.9 Å². The maximum absolute atomic E-state index is 11.8. The largest absolute Gasteiger partial charge is 0.357 e. The lowest BCUT2D eigenvalue weighted by Gasteiger charge is -2.18. The predicted octanol–water partition coefficient (Wildman–Crippen LogP) is 1.62. The van der Waals surface area contributed by atoms with E-state index in [0.717, 1.165) is 5.56 Å². The number of amides is 1. The van der Waals surface area contributed by atoms with Gasteiger partial charge in [0.2, 0.25) is 5.91 Å². The summed E-state index contributed by atoms with van der Waals surface area (Å²) in [6.45, 7) is 11.6. The Balaban J connectivity index is 2.66. The van der Waals surface area contributed by atoms with Gasteiger partial charge in [-0.2, -0.15) is 0 Å². The van der Waals surface area contributed by atoms with E-state index < -0.39 is 15.3 Å². The number of rotatable bonds is 7. The monoisotopic (exact) mass is 396 g/mol. The number of nitrogens with zero attached hydrogens (tertiary/aromatic N) is 1. The van der Waals surface area contributed by atoms with Gasteiger partial charge in [0, 0.05) is 31.3 Å². The molecular weight excluding hydrogens is 364 g/mol. The number of aryl methyl sites for hydroxylation is 1. The lowest BCUT2D eigenvalue weighted by atomic mass is 9.96. The van der Waals surface area contributed by atoms with Gasteiger partial charge < -0.3 is 16.0 Å². The molecule has 8 heteroatoms. The molecule has 0 saturated heterocycles. The fourth-order valence-corrected chi connectivity index (χ4v) is 3.32. The summed E-state index contributed by atoms with van der Waals surface area (Å²) in [6, 6.07) is 5.24. The Morgan fingerprint density at radius 3 is 2.26 bits per heavy atom. The standard InChI is InChI=1S/C19H32N4O3S/c1-7-20-18(22-11-10-21-17(24)19(3,4)5)23-13-15-8-9-16(14(2)12-15)27(6,25)26/h8-9,12H,7,10-11,13H2,1-6H3,(H,21,24)(H2,20,22,23). The Labute approximate surface area is 163 Å². The highest BCUT2D eigenvalue weighted by molar-refractivity contribution is 7.90. The third-order valence-electron chi connectivity index (χ3n) is 3.79. The van der Waals surface area contributed by atoms with Crippen LogP contribution >= 0.6 is 0 Å². The van der Waals surface area contributed by atoms with Crippen molar-refractivity contribution in [2.75, 3.05) is 25.9 Å². The van der Waals surface area contributed by atoms with Gasteiger partial charge in [0.25, 0.3) is 0 Å². The zero-order valence-corrected chi connectivity index (χ0v) is 18.0. The van der Waals surface area contributed by atoms with Crippen molar-refractivity contribution >= 4 is 21.7 Å². The van der Waals surface area contributed by atoms with Crippen LogP contribution in [0.3, 0.4) is 0 Å². The maximum Gasteiger partial charge on any atom is 0.225 e. The molecule has 1 aromatic rings. The number of hydrogen-bond donors (Lipinski definition) is 3. The molecule has 0 spiro atoms. The van der Waals surface area contributed by atoms with Gasteiger partial charge in [0.05, 0.1) is 11.4 Å². The molecule has 27 heavy (non-hydrogen) atoms. The lowest BCUT2D eigenvalue weighted by molar-refractivity contribution is -0.128. The smallest absolute Gasteiger partial charge is 0.225 e. The number of guanidine groups is 1. The molecule has 0 fully saturated rings. The van der Waals surface area contributed by atoms with E-state index in [1.165, 1.54) is 6.26 Å². The molecule has 0 atom stereocenters. The number of carbonyl (C=O) groups excluding carboxylic acids is 1. The van der Waals surface area contributed by atoms with Crippen molar-refractivity contribution in [2.24, 2.45) is 10.4 Å². The number of aliphatic imine (C=N–C) groups is 1. The van der Waals surface area contributed by atoms with Gasteiger partial charge in [-0.15, -0.1) is 0 Å². The first-order chi connectivity index (χ1) is 12.4. The predicted molar refractivity (Wildman–Crippen MR) is 110 cm³/mol. The zero-order valence-electron chi connectivity index (χ0n) is 17.1. The Kier molecular flexibility index (Phi) is 8.27. The summed E-state index contributed by atoms with van der Waals surface area (Å²) in [5, 5.41) is 9.21. The second-order valence-corrected chi connectivity index (χ2v) is 9.48. The lowest BCUT2D eigenvalue weighted by Crippen LogP contribution is -2.43. The molecule has 0 aliphatic heterocycles. The van der Waals surface area contributed by atoms with Gasteiger partial charge >= 0.3 is 0 Å². The van der Waals surface area contributed by atoms with E-state index in [1.807, 2.05) is 33.8 Å². The van der Waals surface area contributed by atoms with Crippen molar-refractivity contribution in [1.29, 1.82) is 0 Å². The van der Waals surface area contributed by atoms with Crippen molar-refractivity contribution in [3.63, 3.8) is 0 Å². The van der Waals surface area contributed by atoms with Crippen LogP contribution in [0.1, 0.15) is 38.8 Å². The molecule has 1 aromatic carbocycles. The topological polar surface area (TPSA) is 99.7 Å². The van der Waals surface area contributed by atoms with E-state index in [9.17, 15) is 13.2 Å². The minimum atomic E-state index is -3.22. The van der Waals surface area contributed by atoms with Crippen LogP contribution in [-0.2, 0) is 21.2 Å². The van der Waals surface area contributed by atoms with Crippen LogP contribution in [0.4, 0.5) is 0 Å². The number of nitrogens with one attached hydrogen (secondary N) is 3. The highest BCUT2D eigenvalue weighted by Gasteiger charge is 2.20. The molecule has 0 unspecified atom stereocenters. The summed E-state index contributed by atoms with van der Waals surface area (Å²) in [4.78, 5) is 16.7. The van der Waals surface area contributed by atoms with Crippen molar-refractivity contribution in [3.05, 3.63) is 29.3 Å². The molecule has 7 nitrogen and oxygen atoms in total. The average molecular weight is 397 g/mol. The minimum Gasteiger partial charge on any atom is -0.357 e. The van der Waals surface area contributed by atoms with Crippen molar-refractivity contribution in [3.8, 4) is 0 Å². The SMILES string of the molecule is CCNC(=NCc1ccc(S(C)(=O)=O)c(C)c1)NCCNC(=O)C(C)(C)C. The molecule has 0 radical (unpaired) electrons.